The predicted octanol–water partition coefficient (Wildman–Crippen LogP) is 2.72. The van der Waals surface area contributed by atoms with E-state index in [4.69, 9.17) is 5.26 Å². The molecular weight excluding hydrogens is 257 g/mol. The Kier molecular flexibility index (Phi) is 3.25. The van der Waals surface area contributed by atoms with Crippen LogP contribution in [0.1, 0.15) is 23.9 Å². The molecule has 2 aromatic rings. The van der Waals surface area contributed by atoms with Crippen LogP contribution in [0.4, 0.5) is 13.2 Å². The van der Waals surface area contributed by atoms with Gasteiger partial charge < -0.3 is 0 Å². The molecule has 0 aliphatic rings. The Hall–Kier alpha value is -2.36. The van der Waals surface area contributed by atoms with Gasteiger partial charge in [0, 0.05) is 0 Å². The first-order valence-electron chi connectivity index (χ1n) is 5.49. The minimum atomic E-state index is -4.42. The molecule has 0 saturated heterocycles. The molecule has 0 N–H and O–H groups in total. The van der Waals surface area contributed by atoms with E-state index in [0.29, 0.717) is 12.1 Å². The second-order valence-electron chi connectivity index (χ2n) is 3.81. The number of benzene rings is 1. The summed E-state index contributed by atoms with van der Waals surface area (Å²) in [5, 5.41) is 16.2. The molecular formula is C12H9F3N4. The Labute approximate surface area is 107 Å². The van der Waals surface area contributed by atoms with Gasteiger partial charge in [-0.25, -0.2) is 4.68 Å². The second kappa shape index (κ2) is 4.72. The molecule has 0 fully saturated rings. The molecule has 0 bridgehead atoms. The third-order valence-corrected chi connectivity index (χ3v) is 2.62. The standard InChI is InChI=1S/C12H9F3N4/c1-2-11-10(7-16)17-18-19(11)9-5-3-4-8(6-9)12(13,14)15/h3-6H,2H2,1H3. The molecule has 1 aromatic heterocycles. The lowest BCUT2D eigenvalue weighted by Crippen LogP contribution is -2.08. The molecule has 0 unspecified atom stereocenters. The van der Waals surface area contributed by atoms with E-state index >= 15 is 0 Å². The Bertz CT molecular complexity index is 637. The third-order valence-electron chi connectivity index (χ3n) is 2.62. The summed E-state index contributed by atoms with van der Waals surface area (Å²) >= 11 is 0. The van der Waals surface area contributed by atoms with E-state index < -0.39 is 11.7 Å². The largest absolute Gasteiger partial charge is 0.416 e. The maximum Gasteiger partial charge on any atom is 0.416 e. The maximum atomic E-state index is 12.6. The summed E-state index contributed by atoms with van der Waals surface area (Å²) in [4.78, 5) is 0. The highest BCUT2D eigenvalue weighted by Gasteiger charge is 2.30. The van der Waals surface area contributed by atoms with E-state index in [1.807, 2.05) is 6.07 Å². The number of hydrogen-bond acceptors (Lipinski definition) is 3. The lowest BCUT2D eigenvalue weighted by atomic mass is 10.2. The topological polar surface area (TPSA) is 54.5 Å². The van der Waals surface area contributed by atoms with Gasteiger partial charge in [-0.05, 0) is 24.6 Å². The van der Waals surface area contributed by atoms with Gasteiger partial charge in [0.15, 0.2) is 5.69 Å². The molecule has 4 nitrogen and oxygen atoms in total. The third kappa shape index (κ3) is 2.42. The number of nitriles is 1. The zero-order valence-electron chi connectivity index (χ0n) is 9.94. The molecule has 0 spiro atoms. The molecule has 0 atom stereocenters. The molecule has 19 heavy (non-hydrogen) atoms. The van der Waals surface area contributed by atoms with Gasteiger partial charge in [0.25, 0.3) is 0 Å². The molecule has 1 aromatic carbocycles. The highest BCUT2D eigenvalue weighted by atomic mass is 19.4. The van der Waals surface area contributed by atoms with Crippen molar-refractivity contribution in [2.45, 2.75) is 19.5 Å². The van der Waals surface area contributed by atoms with Crippen molar-refractivity contribution in [2.75, 3.05) is 0 Å². The van der Waals surface area contributed by atoms with E-state index in [1.165, 1.54) is 16.8 Å². The van der Waals surface area contributed by atoms with Gasteiger partial charge in [0.2, 0.25) is 0 Å². The van der Waals surface area contributed by atoms with Crippen LogP contribution in [0.25, 0.3) is 5.69 Å². The number of hydrogen-bond donors (Lipinski definition) is 0. The highest BCUT2D eigenvalue weighted by Crippen LogP contribution is 2.30. The minimum Gasteiger partial charge on any atom is -0.216 e. The SMILES string of the molecule is CCc1c(C#N)nnn1-c1cccc(C(F)(F)F)c1. The van der Waals surface area contributed by atoms with Gasteiger partial charge >= 0.3 is 6.18 Å². The van der Waals surface area contributed by atoms with Crippen molar-refractivity contribution >= 4 is 0 Å². The predicted molar refractivity (Wildman–Crippen MR) is 60.5 cm³/mol. The first-order chi connectivity index (χ1) is 8.97. The molecule has 0 saturated carbocycles. The number of alkyl halides is 3. The maximum absolute atomic E-state index is 12.6. The Morgan fingerprint density at radius 3 is 2.68 bits per heavy atom. The van der Waals surface area contributed by atoms with Crippen LogP contribution in [0.5, 0.6) is 0 Å². The van der Waals surface area contributed by atoms with Crippen molar-refractivity contribution in [2.24, 2.45) is 0 Å². The minimum absolute atomic E-state index is 0.125. The first-order valence-corrected chi connectivity index (χ1v) is 5.49. The smallest absolute Gasteiger partial charge is 0.216 e. The fraction of sp³-hybridized carbons (Fsp3) is 0.250. The summed E-state index contributed by atoms with van der Waals surface area (Å²) in [6, 6.07) is 6.62. The second-order valence-corrected chi connectivity index (χ2v) is 3.81. The molecule has 0 aliphatic heterocycles. The summed E-state index contributed by atoms with van der Waals surface area (Å²) < 4.78 is 39.2. The number of nitrogens with zero attached hydrogens (tertiary/aromatic N) is 4. The van der Waals surface area contributed by atoms with Crippen molar-refractivity contribution in [1.29, 1.82) is 5.26 Å². The average molecular weight is 266 g/mol. The van der Waals surface area contributed by atoms with Gasteiger partial charge in [0.05, 0.1) is 16.9 Å². The monoisotopic (exact) mass is 266 g/mol. The summed E-state index contributed by atoms with van der Waals surface area (Å²) in [7, 11) is 0. The van der Waals surface area contributed by atoms with Gasteiger partial charge in [-0.15, -0.1) is 5.10 Å². The van der Waals surface area contributed by atoms with E-state index in [0.717, 1.165) is 12.1 Å². The van der Waals surface area contributed by atoms with Crippen LogP contribution >= 0.6 is 0 Å². The molecule has 0 amide bonds. The zero-order chi connectivity index (χ0) is 14.0. The Morgan fingerprint density at radius 2 is 2.11 bits per heavy atom. The molecule has 0 radical (unpaired) electrons. The van der Waals surface area contributed by atoms with Crippen LogP contribution in [-0.4, -0.2) is 15.0 Å². The summed E-state index contributed by atoms with van der Waals surface area (Å²) in [5.41, 5.74) is 0.0865. The zero-order valence-corrected chi connectivity index (χ0v) is 9.94. The van der Waals surface area contributed by atoms with Crippen LogP contribution in [0, 0.1) is 11.3 Å². The van der Waals surface area contributed by atoms with Crippen molar-refractivity contribution in [3.05, 3.63) is 41.2 Å². The summed E-state index contributed by atoms with van der Waals surface area (Å²) in [6.07, 6.45) is -3.97. The van der Waals surface area contributed by atoms with E-state index in [-0.39, 0.29) is 11.4 Å². The van der Waals surface area contributed by atoms with Crippen LogP contribution in [0.15, 0.2) is 24.3 Å². The molecule has 7 heteroatoms. The van der Waals surface area contributed by atoms with Gasteiger partial charge in [-0.1, -0.05) is 18.2 Å². The molecule has 98 valence electrons. The van der Waals surface area contributed by atoms with E-state index in [1.54, 1.807) is 6.92 Å². The summed E-state index contributed by atoms with van der Waals surface area (Å²) in [5.74, 6) is 0. The first kappa shape index (κ1) is 13.1. The quantitative estimate of drug-likeness (QED) is 0.839. The fourth-order valence-electron chi connectivity index (χ4n) is 1.73. The van der Waals surface area contributed by atoms with E-state index in [2.05, 4.69) is 10.3 Å². The summed E-state index contributed by atoms with van der Waals surface area (Å²) in [6.45, 7) is 1.78. The molecule has 0 aliphatic carbocycles. The number of rotatable bonds is 2. The van der Waals surface area contributed by atoms with Crippen molar-refractivity contribution in [1.82, 2.24) is 15.0 Å². The van der Waals surface area contributed by atoms with Crippen molar-refractivity contribution in [3.8, 4) is 11.8 Å². The Balaban J connectivity index is 2.54. The lowest BCUT2D eigenvalue weighted by Gasteiger charge is -2.09. The highest BCUT2D eigenvalue weighted by molar-refractivity contribution is 5.39. The van der Waals surface area contributed by atoms with Gasteiger partial charge in [-0.3, -0.25) is 0 Å². The van der Waals surface area contributed by atoms with Crippen LogP contribution in [0.2, 0.25) is 0 Å². The lowest BCUT2D eigenvalue weighted by molar-refractivity contribution is -0.137. The fourth-order valence-corrected chi connectivity index (χ4v) is 1.73. The number of halogens is 3. The van der Waals surface area contributed by atoms with E-state index in [9.17, 15) is 13.2 Å². The van der Waals surface area contributed by atoms with Crippen LogP contribution in [-0.2, 0) is 12.6 Å². The molecule has 1 heterocycles. The number of aromatic nitrogens is 3. The van der Waals surface area contributed by atoms with Gasteiger partial charge in [-0.2, -0.15) is 18.4 Å². The van der Waals surface area contributed by atoms with Crippen LogP contribution in [0.3, 0.4) is 0 Å². The normalized spacial score (nSPS) is 11.3. The van der Waals surface area contributed by atoms with Crippen molar-refractivity contribution < 1.29 is 13.2 Å². The Morgan fingerprint density at radius 1 is 1.37 bits per heavy atom. The van der Waals surface area contributed by atoms with Crippen molar-refractivity contribution in [3.63, 3.8) is 0 Å². The average Bonchev–Trinajstić information content (AvgIpc) is 2.80. The molecule has 2 rings (SSSR count). The van der Waals surface area contributed by atoms with Gasteiger partial charge in [0.1, 0.15) is 6.07 Å². The van der Waals surface area contributed by atoms with Crippen LogP contribution < -0.4 is 0 Å².